The average Bonchev–Trinajstić information content (AvgIpc) is 2.90. The number of hydrogen-bond acceptors (Lipinski definition) is 2. The predicted molar refractivity (Wildman–Crippen MR) is 87.0 cm³/mol. The van der Waals surface area contributed by atoms with Crippen molar-refractivity contribution >= 4 is 5.91 Å². The Morgan fingerprint density at radius 3 is 2.64 bits per heavy atom. The molecule has 3 nitrogen and oxygen atoms in total. The van der Waals surface area contributed by atoms with E-state index in [0.29, 0.717) is 5.92 Å². The summed E-state index contributed by atoms with van der Waals surface area (Å²) in [5, 5.41) is 2.00. The molecule has 1 aromatic carbocycles. The van der Waals surface area contributed by atoms with Gasteiger partial charge in [-0.1, -0.05) is 43.5 Å². The number of rotatable bonds is 1. The number of hydrazine groups is 1. The molecule has 4 rings (SSSR count). The van der Waals surface area contributed by atoms with Gasteiger partial charge < -0.3 is 0 Å². The van der Waals surface area contributed by atoms with E-state index in [4.69, 9.17) is 0 Å². The van der Waals surface area contributed by atoms with Crippen molar-refractivity contribution in [2.75, 3.05) is 0 Å². The van der Waals surface area contributed by atoms with Crippen LogP contribution < -0.4 is 5.43 Å². The van der Waals surface area contributed by atoms with E-state index in [9.17, 15) is 4.79 Å². The molecule has 3 aliphatic rings. The first-order valence-electron chi connectivity index (χ1n) is 8.68. The molecule has 1 aliphatic heterocycles. The maximum absolute atomic E-state index is 13.1. The van der Waals surface area contributed by atoms with Crippen molar-refractivity contribution in [1.29, 1.82) is 0 Å². The smallest absolute Gasteiger partial charge is 0.272 e. The fourth-order valence-corrected chi connectivity index (χ4v) is 4.65. The predicted octanol–water partition coefficient (Wildman–Crippen LogP) is 4.03. The molecule has 1 heterocycles. The highest BCUT2D eigenvalue weighted by Crippen LogP contribution is 2.49. The number of carbonyl (C=O) groups is 1. The van der Waals surface area contributed by atoms with Crippen molar-refractivity contribution in [3.63, 3.8) is 0 Å². The normalized spacial score (nSPS) is 26.3. The fourth-order valence-electron chi connectivity index (χ4n) is 4.65. The van der Waals surface area contributed by atoms with Gasteiger partial charge >= 0.3 is 0 Å². The van der Waals surface area contributed by atoms with Crippen LogP contribution in [0.15, 0.2) is 42.1 Å². The van der Waals surface area contributed by atoms with Crippen molar-refractivity contribution in [3.8, 4) is 0 Å². The van der Waals surface area contributed by atoms with E-state index >= 15 is 0 Å². The van der Waals surface area contributed by atoms with Crippen molar-refractivity contribution in [2.45, 2.75) is 56.9 Å². The van der Waals surface area contributed by atoms with Crippen LogP contribution in [0.25, 0.3) is 0 Å². The van der Waals surface area contributed by atoms with Gasteiger partial charge in [0.1, 0.15) is 0 Å². The first kappa shape index (κ1) is 13.9. The zero-order valence-corrected chi connectivity index (χ0v) is 13.1. The van der Waals surface area contributed by atoms with Crippen LogP contribution in [0, 0.1) is 5.92 Å². The summed E-state index contributed by atoms with van der Waals surface area (Å²) in [4.78, 5) is 13.1. The van der Waals surface area contributed by atoms with E-state index in [-0.39, 0.29) is 11.4 Å². The minimum absolute atomic E-state index is 0.0113. The highest BCUT2D eigenvalue weighted by molar-refractivity contribution is 5.94. The highest BCUT2D eigenvalue weighted by Gasteiger charge is 2.53. The Balaban J connectivity index is 1.72. The first-order chi connectivity index (χ1) is 10.8. The van der Waals surface area contributed by atoms with Gasteiger partial charge in [0.25, 0.3) is 5.91 Å². The molecule has 1 saturated heterocycles. The van der Waals surface area contributed by atoms with Crippen LogP contribution in [0.3, 0.4) is 0 Å². The zero-order chi connectivity index (χ0) is 15.0. The number of nitrogens with zero attached hydrogens (tertiary/aromatic N) is 1. The molecule has 1 amide bonds. The molecule has 2 fully saturated rings. The lowest BCUT2D eigenvalue weighted by atomic mass is 9.69. The molecule has 116 valence electrons. The molecule has 1 saturated carbocycles. The lowest BCUT2D eigenvalue weighted by Gasteiger charge is -2.43. The van der Waals surface area contributed by atoms with Crippen LogP contribution in [0.1, 0.15) is 61.7 Å². The third-order valence-corrected chi connectivity index (χ3v) is 5.71. The van der Waals surface area contributed by atoms with Gasteiger partial charge in [0.15, 0.2) is 0 Å². The van der Waals surface area contributed by atoms with Gasteiger partial charge in [0, 0.05) is 17.2 Å². The molecule has 1 N–H and O–H groups in total. The second-order valence-corrected chi connectivity index (χ2v) is 6.93. The third-order valence-electron chi connectivity index (χ3n) is 5.71. The van der Waals surface area contributed by atoms with Gasteiger partial charge in [-0.25, -0.2) is 5.01 Å². The lowest BCUT2D eigenvalue weighted by Crippen LogP contribution is -2.54. The SMILES string of the molecule is O=C(c1ccccc1)N1NC2=CCCC[C@H]2C12CCCCC2. The number of nitrogens with one attached hydrogen (secondary N) is 1. The standard InChI is InChI=1S/C19H24N2O/c22-18(15-9-3-1-4-10-15)21-19(13-7-2-8-14-19)16-11-5-6-12-17(16)20-21/h1,3-4,9-10,12,16,20H,2,5-8,11,13-14H2/t16-/m1/s1. The summed E-state index contributed by atoms with van der Waals surface area (Å²) >= 11 is 0. The summed E-state index contributed by atoms with van der Waals surface area (Å²) in [6.07, 6.45) is 12.0. The van der Waals surface area contributed by atoms with Crippen LogP contribution in [0.4, 0.5) is 0 Å². The summed E-state index contributed by atoms with van der Waals surface area (Å²) in [6.45, 7) is 0. The molecule has 1 aromatic rings. The Kier molecular flexibility index (Phi) is 3.44. The van der Waals surface area contributed by atoms with Gasteiger partial charge in [0.05, 0.1) is 5.54 Å². The van der Waals surface area contributed by atoms with E-state index in [1.807, 2.05) is 35.3 Å². The summed E-state index contributed by atoms with van der Waals surface area (Å²) in [6, 6.07) is 9.72. The van der Waals surface area contributed by atoms with Crippen molar-refractivity contribution < 1.29 is 4.79 Å². The molecule has 1 spiro atoms. The lowest BCUT2D eigenvalue weighted by molar-refractivity contribution is 0.0226. The molecule has 2 aliphatic carbocycles. The minimum Gasteiger partial charge on any atom is -0.299 e. The summed E-state index contributed by atoms with van der Waals surface area (Å²) < 4.78 is 0. The van der Waals surface area contributed by atoms with E-state index in [1.54, 1.807) is 0 Å². The van der Waals surface area contributed by atoms with Gasteiger partial charge in [-0.3, -0.25) is 10.2 Å². The van der Waals surface area contributed by atoms with Gasteiger partial charge in [0.2, 0.25) is 0 Å². The van der Waals surface area contributed by atoms with E-state index in [2.05, 4.69) is 11.5 Å². The molecular formula is C19H24N2O. The molecule has 3 heteroatoms. The van der Waals surface area contributed by atoms with Crippen molar-refractivity contribution in [3.05, 3.63) is 47.7 Å². The summed E-state index contributed by atoms with van der Waals surface area (Å²) in [7, 11) is 0. The molecule has 0 aromatic heterocycles. The van der Waals surface area contributed by atoms with Crippen LogP contribution in [0.2, 0.25) is 0 Å². The Hall–Kier alpha value is -1.77. The summed E-state index contributed by atoms with van der Waals surface area (Å²) in [5.41, 5.74) is 5.60. The number of benzene rings is 1. The van der Waals surface area contributed by atoms with Gasteiger partial charge in [-0.15, -0.1) is 0 Å². The number of allylic oxidation sites excluding steroid dienone is 1. The van der Waals surface area contributed by atoms with Crippen LogP contribution in [-0.4, -0.2) is 16.5 Å². The van der Waals surface area contributed by atoms with E-state index in [1.165, 1.54) is 37.8 Å². The summed E-state index contributed by atoms with van der Waals surface area (Å²) in [5.74, 6) is 0.659. The third kappa shape index (κ3) is 2.06. The molecule has 0 radical (unpaired) electrons. The van der Waals surface area contributed by atoms with Crippen LogP contribution in [0.5, 0.6) is 0 Å². The second-order valence-electron chi connectivity index (χ2n) is 6.93. The number of fused-ring (bicyclic) bond motifs is 2. The Bertz CT molecular complexity index is 587. The zero-order valence-electron chi connectivity index (χ0n) is 13.1. The average molecular weight is 296 g/mol. The fraction of sp³-hybridized carbons (Fsp3) is 0.526. The largest absolute Gasteiger partial charge is 0.299 e. The Morgan fingerprint density at radius 1 is 1.09 bits per heavy atom. The molecular weight excluding hydrogens is 272 g/mol. The molecule has 1 atom stereocenters. The van der Waals surface area contributed by atoms with Crippen molar-refractivity contribution in [1.82, 2.24) is 10.4 Å². The number of amides is 1. The van der Waals surface area contributed by atoms with E-state index < -0.39 is 0 Å². The Labute approximate surface area is 132 Å². The molecule has 0 unspecified atom stereocenters. The first-order valence-corrected chi connectivity index (χ1v) is 8.68. The van der Waals surface area contributed by atoms with Gasteiger partial charge in [-0.2, -0.15) is 0 Å². The van der Waals surface area contributed by atoms with Crippen LogP contribution >= 0.6 is 0 Å². The van der Waals surface area contributed by atoms with E-state index in [0.717, 1.165) is 24.8 Å². The van der Waals surface area contributed by atoms with Crippen molar-refractivity contribution in [2.24, 2.45) is 5.92 Å². The maximum atomic E-state index is 13.1. The molecule has 0 bridgehead atoms. The number of hydrogen-bond donors (Lipinski definition) is 1. The van der Waals surface area contributed by atoms with Crippen LogP contribution in [-0.2, 0) is 0 Å². The highest BCUT2D eigenvalue weighted by atomic mass is 16.2. The quantitative estimate of drug-likeness (QED) is 0.848. The maximum Gasteiger partial charge on any atom is 0.272 e. The molecule has 22 heavy (non-hydrogen) atoms. The topological polar surface area (TPSA) is 32.3 Å². The minimum atomic E-state index is 0.0113. The monoisotopic (exact) mass is 296 g/mol. The van der Waals surface area contributed by atoms with Gasteiger partial charge in [-0.05, 0) is 44.2 Å². The number of carbonyl (C=O) groups excluding carboxylic acids is 1. The Morgan fingerprint density at radius 2 is 1.86 bits per heavy atom. The second kappa shape index (κ2) is 5.45.